The molecule has 0 fully saturated rings. The second-order valence-corrected chi connectivity index (χ2v) is 5.76. The smallest absolute Gasteiger partial charge is 0.224 e. The van der Waals surface area contributed by atoms with Gasteiger partial charge in [-0.3, -0.25) is 14.6 Å². The highest BCUT2D eigenvalue weighted by atomic mass is 32.1. The fourth-order valence-corrected chi connectivity index (χ4v) is 3.36. The third kappa shape index (κ3) is 1.81. The highest BCUT2D eigenvalue weighted by Gasteiger charge is 2.34. The summed E-state index contributed by atoms with van der Waals surface area (Å²) in [6, 6.07) is 8.95. The van der Waals surface area contributed by atoms with Gasteiger partial charge in [-0.2, -0.15) is 0 Å². The van der Waals surface area contributed by atoms with Crippen molar-refractivity contribution in [3.63, 3.8) is 0 Å². The molecule has 3 aromatic rings. The van der Waals surface area contributed by atoms with E-state index in [0.29, 0.717) is 10.6 Å². The van der Waals surface area contributed by atoms with Crippen molar-refractivity contribution in [3.8, 4) is 10.6 Å². The number of carbonyl (C=O) groups excluding carboxylic acids is 2. The van der Waals surface area contributed by atoms with Gasteiger partial charge >= 0.3 is 0 Å². The molecule has 0 amide bonds. The van der Waals surface area contributed by atoms with Crippen LogP contribution in [0.2, 0.25) is 0 Å². The molecular formula is C16H7FN2O2S. The SMILES string of the molecule is O=C1c2cccnc2C(=O)c2sc(-c3ccc(F)cc3)nc21. The summed E-state index contributed by atoms with van der Waals surface area (Å²) in [4.78, 5) is 33.5. The van der Waals surface area contributed by atoms with Gasteiger partial charge in [0.2, 0.25) is 11.6 Å². The first-order valence-corrected chi connectivity index (χ1v) is 7.28. The summed E-state index contributed by atoms with van der Waals surface area (Å²) in [5.74, 6) is -0.952. The minimum Gasteiger partial charge on any atom is -0.287 e. The summed E-state index contributed by atoms with van der Waals surface area (Å²) in [5.41, 5.74) is 1.25. The quantitative estimate of drug-likeness (QED) is 0.542. The molecule has 4 rings (SSSR count). The van der Waals surface area contributed by atoms with E-state index in [1.807, 2.05) is 0 Å². The van der Waals surface area contributed by atoms with E-state index < -0.39 is 0 Å². The van der Waals surface area contributed by atoms with Crippen LogP contribution < -0.4 is 0 Å². The maximum absolute atomic E-state index is 13.0. The molecule has 1 aromatic carbocycles. The van der Waals surface area contributed by atoms with Crippen LogP contribution in [0.15, 0.2) is 42.6 Å². The van der Waals surface area contributed by atoms with Crippen molar-refractivity contribution in [3.05, 3.63) is 70.2 Å². The average Bonchev–Trinajstić information content (AvgIpc) is 2.99. The molecule has 6 heteroatoms. The molecule has 2 heterocycles. The van der Waals surface area contributed by atoms with Crippen LogP contribution >= 0.6 is 11.3 Å². The zero-order chi connectivity index (χ0) is 15.3. The second kappa shape index (κ2) is 4.64. The van der Waals surface area contributed by atoms with Crippen LogP contribution in [0.4, 0.5) is 4.39 Å². The van der Waals surface area contributed by atoms with Gasteiger partial charge in [-0.15, -0.1) is 11.3 Å². The summed E-state index contributed by atoms with van der Waals surface area (Å²) in [5, 5.41) is 0.513. The van der Waals surface area contributed by atoms with E-state index in [1.165, 1.54) is 18.3 Å². The van der Waals surface area contributed by atoms with Crippen molar-refractivity contribution >= 4 is 22.9 Å². The molecule has 22 heavy (non-hydrogen) atoms. The monoisotopic (exact) mass is 310 g/mol. The number of aromatic nitrogens is 2. The number of carbonyl (C=O) groups is 2. The normalized spacial score (nSPS) is 13.0. The Labute approximate surface area is 128 Å². The maximum atomic E-state index is 13.0. The fraction of sp³-hybridized carbons (Fsp3) is 0. The second-order valence-electron chi connectivity index (χ2n) is 4.76. The Hall–Kier alpha value is -2.73. The lowest BCUT2D eigenvalue weighted by Gasteiger charge is -2.10. The third-order valence-electron chi connectivity index (χ3n) is 3.41. The first-order valence-electron chi connectivity index (χ1n) is 6.46. The zero-order valence-electron chi connectivity index (χ0n) is 11.0. The molecule has 0 radical (unpaired) electrons. The summed E-state index contributed by atoms with van der Waals surface area (Å²) in [6.45, 7) is 0. The predicted octanol–water partition coefficient (Wildman–Crippen LogP) is 3.12. The van der Waals surface area contributed by atoms with Gasteiger partial charge < -0.3 is 0 Å². The number of rotatable bonds is 1. The molecular weight excluding hydrogens is 303 g/mol. The Kier molecular flexibility index (Phi) is 2.74. The van der Waals surface area contributed by atoms with Gasteiger partial charge in [-0.1, -0.05) is 0 Å². The van der Waals surface area contributed by atoms with Gasteiger partial charge in [0.05, 0.1) is 5.56 Å². The molecule has 106 valence electrons. The standard InChI is InChI=1S/C16H7FN2O2S/c17-9-5-3-8(4-6-9)16-19-12-13(20)10-2-1-7-18-11(10)14(21)15(12)22-16/h1-7H. The molecule has 1 aliphatic rings. The highest BCUT2D eigenvalue weighted by Crippen LogP contribution is 2.34. The van der Waals surface area contributed by atoms with Crippen LogP contribution in [-0.4, -0.2) is 21.5 Å². The lowest BCUT2D eigenvalue weighted by atomic mass is 9.96. The van der Waals surface area contributed by atoms with Crippen LogP contribution in [0.5, 0.6) is 0 Å². The lowest BCUT2D eigenvalue weighted by Crippen LogP contribution is -2.20. The van der Waals surface area contributed by atoms with Gasteiger partial charge in [0.15, 0.2) is 0 Å². The number of fused-ring (bicyclic) bond motifs is 2. The molecule has 0 bridgehead atoms. The van der Waals surface area contributed by atoms with E-state index >= 15 is 0 Å². The van der Waals surface area contributed by atoms with Crippen molar-refractivity contribution in [2.75, 3.05) is 0 Å². The molecule has 0 saturated carbocycles. The van der Waals surface area contributed by atoms with E-state index in [2.05, 4.69) is 9.97 Å². The van der Waals surface area contributed by atoms with Gasteiger partial charge in [-0.25, -0.2) is 9.37 Å². The van der Waals surface area contributed by atoms with Gasteiger partial charge in [0.25, 0.3) is 0 Å². The summed E-state index contributed by atoms with van der Waals surface area (Å²) < 4.78 is 13.0. The average molecular weight is 310 g/mol. The summed E-state index contributed by atoms with van der Waals surface area (Å²) >= 11 is 1.13. The molecule has 2 aromatic heterocycles. The zero-order valence-corrected chi connectivity index (χ0v) is 11.9. The summed E-state index contributed by atoms with van der Waals surface area (Å²) in [6.07, 6.45) is 1.48. The van der Waals surface area contributed by atoms with Crippen molar-refractivity contribution in [1.29, 1.82) is 0 Å². The summed E-state index contributed by atoms with van der Waals surface area (Å²) in [7, 11) is 0. The Morgan fingerprint density at radius 2 is 1.73 bits per heavy atom. The van der Waals surface area contributed by atoms with Crippen molar-refractivity contribution in [1.82, 2.24) is 9.97 Å². The number of hydrogen-bond donors (Lipinski definition) is 0. The maximum Gasteiger partial charge on any atom is 0.224 e. The Bertz CT molecular complexity index is 879. The van der Waals surface area contributed by atoms with Crippen LogP contribution in [0.25, 0.3) is 10.6 Å². The van der Waals surface area contributed by atoms with Crippen LogP contribution in [-0.2, 0) is 0 Å². The molecule has 0 aliphatic heterocycles. The van der Waals surface area contributed by atoms with Gasteiger partial charge in [0.1, 0.15) is 27.1 Å². The minimum absolute atomic E-state index is 0.148. The van der Waals surface area contributed by atoms with E-state index in [9.17, 15) is 14.0 Å². The first kappa shape index (κ1) is 13.0. The molecule has 0 spiro atoms. The highest BCUT2D eigenvalue weighted by molar-refractivity contribution is 7.17. The number of pyridine rings is 1. The van der Waals surface area contributed by atoms with Crippen molar-refractivity contribution in [2.45, 2.75) is 0 Å². The van der Waals surface area contributed by atoms with Crippen LogP contribution in [0.3, 0.4) is 0 Å². The Balaban J connectivity index is 1.88. The number of thiazole rings is 1. The molecule has 4 nitrogen and oxygen atoms in total. The van der Waals surface area contributed by atoms with E-state index in [0.717, 1.165) is 11.3 Å². The third-order valence-corrected chi connectivity index (χ3v) is 4.51. The van der Waals surface area contributed by atoms with Crippen molar-refractivity contribution in [2.24, 2.45) is 0 Å². The van der Waals surface area contributed by atoms with Crippen LogP contribution in [0, 0.1) is 5.82 Å². The molecule has 0 unspecified atom stereocenters. The fourth-order valence-electron chi connectivity index (χ4n) is 2.35. The molecule has 0 atom stereocenters. The Morgan fingerprint density at radius 3 is 2.50 bits per heavy atom. The number of halogens is 1. The van der Waals surface area contributed by atoms with E-state index in [4.69, 9.17) is 0 Å². The van der Waals surface area contributed by atoms with Crippen LogP contribution in [0.1, 0.15) is 31.4 Å². The van der Waals surface area contributed by atoms with Gasteiger partial charge in [0, 0.05) is 11.8 Å². The largest absolute Gasteiger partial charge is 0.287 e. The number of hydrogen-bond acceptors (Lipinski definition) is 5. The Morgan fingerprint density at radius 1 is 0.955 bits per heavy atom. The number of nitrogens with zero attached hydrogens (tertiary/aromatic N) is 2. The van der Waals surface area contributed by atoms with E-state index in [-0.39, 0.29) is 39.2 Å². The number of ketones is 2. The lowest BCUT2D eigenvalue weighted by molar-refractivity contribution is 0.0975. The molecule has 0 N–H and O–H groups in total. The molecule has 0 saturated heterocycles. The number of benzene rings is 1. The minimum atomic E-state index is -0.353. The first-order chi connectivity index (χ1) is 10.6. The van der Waals surface area contributed by atoms with Crippen molar-refractivity contribution < 1.29 is 14.0 Å². The topological polar surface area (TPSA) is 59.9 Å². The molecule has 1 aliphatic carbocycles. The predicted molar refractivity (Wildman–Crippen MR) is 78.6 cm³/mol. The van der Waals surface area contributed by atoms with E-state index in [1.54, 1.807) is 24.3 Å². The van der Waals surface area contributed by atoms with Gasteiger partial charge in [-0.05, 0) is 36.4 Å².